The van der Waals surface area contributed by atoms with E-state index in [2.05, 4.69) is 10.0 Å². The first kappa shape index (κ1) is 15.2. The molecule has 0 aromatic heterocycles. The molecule has 106 valence electrons. The summed E-state index contributed by atoms with van der Waals surface area (Å²) in [5.41, 5.74) is -1.24. The molecule has 0 amide bonds. The summed E-state index contributed by atoms with van der Waals surface area (Å²) in [4.78, 5) is 9.45. The van der Waals surface area contributed by atoms with Crippen molar-refractivity contribution >= 4 is 21.4 Å². The van der Waals surface area contributed by atoms with Crippen LogP contribution >= 0.6 is 0 Å². The molecule has 10 heteroatoms. The topological polar surface area (TPSA) is 101 Å². The molecule has 0 radical (unpaired) electrons. The molecule has 0 heterocycles. The fourth-order valence-electron chi connectivity index (χ4n) is 1.26. The zero-order valence-electron chi connectivity index (χ0n) is 9.81. The summed E-state index contributed by atoms with van der Waals surface area (Å²) in [5.74, 6) is -2.24. The number of anilines is 1. The summed E-state index contributed by atoms with van der Waals surface area (Å²) < 4.78 is 50.4. The molecule has 1 aromatic carbocycles. The van der Waals surface area contributed by atoms with Crippen LogP contribution in [-0.4, -0.2) is 32.7 Å². The number of nitro groups is 1. The lowest BCUT2D eigenvalue weighted by molar-refractivity contribution is -0.385. The Morgan fingerprint density at radius 2 is 1.79 bits per heavy atom. The summed E-state index contributed by atoms with van der Waals surface area (Å²) >= 11 is 0. The van der Waals surface area contributed by atoms with Gasteiger partial charge in [0, 0.05) is 13.1 Å². The van der Waals surface area contributed by atoms with Gasteiger partial charge in [0.25, 0.3) is 5.69 Å². The highest BCUT2D eigenvalue weighted by molar-refractivity contribution is 7.88. The van der Waals surface area contributed by atoms with Crippen molar-refractivity contribution in [2.45, 2.75) is 0 Å². The molecule has 19 heavy (non-hydrogen) atoms. The van der Waals surface area contributed by atoms with E-state index in [0.717, 1.165) is 6.26 Å². The van der Waals surface area contributed by atoms with Crippen molar-refractivity contribution < 1.29 is 22.1 Å². The predicted octanol–water partition coefficient (Wildman–Crippen LogP) is 0.834. The van der Waals surface area contributed by atoms with Gasteiger partial charge >= 0.3 is 0 Å². The number of hydrogen-bond acceptors (Lipinski definition) is 5. The summed E-state index contributed by atoms with van der Waals surface area (Å²) in [5, 5.41) is 12.7. The minimum Gasteiger partial charge on any atom is -0.379 e. The first-order chi connectivity index (χ1) is 8.70. The summed E-state index contributed by atoms with van der Waals surface area (Å²) in [6.45, 7) is -0.145. The number of hydrogen-bond donors (Lipinski definition) is 2. The van der Waals surface area contributed by atoms with Crippen LogP contribution in [0.1, 0.15) is 0 Å². The lowest BCUT2D eigenvalue weighted by Crippen LogP contribution is -2.28. The Hall–Kier alpha value is -1.81. The third-order valence-corrected chi connectivity index (χ3v) is 2.76. The maximum atomic E-state index is 13.4. The first-order valence-electron chi connectivity index (χ1n) is 5.02. The minimum absolute atomic E-state index is 0.0707. The lowest BCUT2D eigenvalue weighted by atomic mass is 10.2. The van der Waals surface area contributed by atoms with Crippen LogP contribution in [0.3, 0.4) is 0 Å². The number of nitrogens with zero attached hydrogens (tertiary/aromatic N) is 1. The van der Waals surface area contributed by atoms with Crippen LogP contribution in [0.4, 0.5) is 20.2 Å². The van der Waals surface area contributed by atoms with Crippen LogP contribution in [0, 0.1) is 21.7 Å². The van der Waals surface area contributed by atoms with Gasteiger partial charge < -0.3 is 5.32 Å². The molecular weight excluding hydrogens is 284 g/mol. The van der Waals surface area contributed by atoms with E-state index >= 15 is 0 Å². The van der Waals surface area contributed by atoms with Crippen LogP contribution in [0.25, 0.3) is 0 Å². The molecule has 2 N–H and O–H groups in total. The van der Waals surface area contributed by atoms with Crippen molar-refractivity contribution in [3.05, 3.63) is 33.9 Å². The van der Waals surface area contributed by atoms with Gasteiger partial charge in [-0.2, -0.15) is 0 Å². The van der Waals surface area contributed by atoms with Crippen molar-refractivity contribution in [1.29, 1.82) is 0 Å². The summed E-state index contributed by atoms with van der Waals surface area (Å²) in [6.07, 6.45) is 0.944. The predicted molar refractivity (Wildman–Crippen MR) is 64.3 cm³/mol. The largest absolute Gasteiger partial charge is 0.379 e. The second kappa shape index (κ2) is 5.89. The van der Waals surface area contributed by atoms with Crippen molar-refractivity contribution in [2.75, 3.05) is 24.7 Å². The van der Waals surface area contributed by atoms with Crippen LogP contribution in [0.5, 0.6) is 0 Å². The molecule has 0 bridgehead atoms. The molecule has 0 unspecified atom stereocenters. The highest BCUT2D eigenvalue weighted by atomic mass is 32.2. The van der Waals surface area contributed by atoms with Crippen molar-refractivity contribution in [1.82, 2.24) is 4.72 Å². The van der Waals surface area contributed by atoms with Gasteiger partial charge in [0.15, 0.2) is 11.6 Å². The van der Waals surface area contributed by atoms with E-state index in [1.807, 2.05) is 0 Å². The summed E-state index contributed by atoms with van der Waals surface area (Å²) in [7, 11) is -3.38. The van der Waals surface area contributed by atoms with Gasteiger partial charge in [0.1, 0.15) is 5.69 Å². The number of nitrogens with one attached hydrogen (secondary N) is 2. The van der Waals surface area contributed by atoms with Gasteiger partial charge in [-0.25, -0.2) is 21.9 Å². The second-order valence-electron chi connectivity index (χ2n) is 3.63. The van der Waals surface area contributed by atoms with Crippen molar-refractivity contribution in [3.63, 3.8) is 0 Å². The SMILES string of the molecule is CS(=O)(=O)NCCNc1c(F)cc([N+](=O)[O-])cc1F. The molecule has 1 aromatic rings. The monoisotopic (exact) mass is 295 g/mol. The Morgan fingerprint density at radius 1 is 1.26 bits per heavy atom. The van der Waals surface area contributed by atoms with Crippen LogP contribution < -0.4 is 10.0 Å². The van der Waals surface area contributed by atoms with Gasteiger partial charge in [0.2, 0.25) is 10.0 Å². The Kier molecular flexibility index (Phi) is 4.72. The average molecular weight is 295 g/mol. The smallest absolute Gasteiger partial charge is 0.275 e. The fraction of sp³-hybridized carbons (Fsp3) is 0.333. The highest BCUT2D eigenvalue weighted by Gasteiger charge is 2.16. The third kappa shape index (κ3) is 4.75. The molecule has 0 aliphatic heterocycles. The van der Waals surface area contributed by atoms with E-state index in [-0.39, 0.29) is 13.1 Å². The molecule has 1 rings (SSSR count). The Labute approximate surface area is 107 Å². The third-order valence-electron chi connectivity index (χ3n) is 2.03. The molecule has 0 aliphatic carbocycles. The molecule has 0 fully saturated rings. The molecule has 0 atom stereocenters. The molecule has 0 saturated heterocycles. The standard InChI is InChI=1S/C9H11F2N3O4S/c1-19(17,18)13-3-2-12-9-7(10)4-6(14(15)16)5-8(9)11/h4-5,12-13H,2-3H2,1H3. The van der Waals surface area contributed by atoms with Gasteiger partial charge in [0.05, 0.1) is 23.3 Å². The normalized spacial score (nSPS) is 11.3. The maximum Gasteiger partial charge on any atom is 0.275 e. The number of halogens is 2. The van der Waals surface area contributed by atoms with E-state index < -0.39 is 38.0 Å². The van der Waals surface area contributed by atoms with Gasteiger partial charge in [-0.05, 0) is 0 Å². The van der Waals surface area contributed by atoms with Crippen LogP contribution in [-0.2, 0) is 10.0 Å². The van der Waals surface area contributed by atoms with E-state index in [9.17, 15) is 27.3 Å². The Balaban J connectivity index is 2.72. The minimum atomic E-state index is -3.38. The first-order valence-corrected chi connectivity index (χ1v) is 6.92. The number of non-ortho nitro benzene ring substituents is 1. The quantitative estimate of drug-likeness (QED) is 0.460. The van der Waals surface area contributed by atoms with Crippen molar-refractivity contribution in [2.24, 2.45) is 0 Å². The summed E-state index contributed by atoms with van der Waals surface area (Å²) in [6, 6.07) is 1.16. The number of benzene rings is 1. The zero-order valence-corrected chi connectivity index (χ0v) is 10.6. The number of rotatable bonds is 6. The Bertz CT molecular complexity index is 568. The molecule has 0 aliphatic rings. The van der Waals surface area contributed by atoms with E-state index in [1.54, 1.807) is 0 Å². The van der Waals surface area contributed by atoms with E-state index in [4.69, 9.17) is 0 Å². The number of nitro benzene ring substituents is 1. The van der Waals surface area contributed by atoms with Gasteiger partial charge in [-0.15, -0.1) is 0 Å². The highest BCUT2D eigenvalue weighted by Crippen LogP contribution is 2.24. The number of sulfonamides is 1. The van der Waals surface area contributed by atoms with Gasteiger partial charge in [-0.3, -0.25) is 10.1 Å². The van der Waals surface area contributed by atoms with Gasteiger partial charge in [-0.1, -0.05) is 0 Å². The van der Waals surface area contributed by atoms with E-state index in [0.29, 0.717) is 12.1 Å². The second-order valence-corrected chi connectivity index (χ2v) is 5.47. The lowest BCUT2D eigenvalue weighted by Gasteiger charge is -2.08. The van der Waals surface area contributed by atoms with E-state index in [1.165, 1.54) is 0 Å². The van der Waals surface area contributed by atoms with Crippen molar-refractivity contribution in [3.8, 4) is 0 Å². The Morgan fingerprint density at radius 3 is 2.21 bits per heavy atom. The zero-order chi connectivity index (χ0) is 14.6. The fourth-order valence-corrected chi connectivity index (χ4v) is 1.73. The van der Waals surface area contributed by atoms with Crippen LogP contribution in [0.2, 0.25) is 0 Å². The average Bonchev–Trinajstić information content (AvgIpc) is 2.25. The molecule has 7 nitrogen and oxygen atoms in total. The molecule has 0 saturated carbocycles. The molecular formula is C9H11F2N3O4S. The molecule has 0 spiro atoms. The van der Waals surface area contributed by atoms with Crippen LogP contribution in [0.15, 0.2) is 12.1 Å². The maximum absolute atomic E-state index is 13.4.